The Morgan fingerprint density at radius 3 is 2.67 bits per heavy atom. The molecule has 0 aliphatic rings. The number of aldehydes is 1. The Bertz CT molecular complexity index is 66.1. The van der Waals surface area contributed by atoms with Gasteiger partial charge in [0.05, 0.1) is 0 Å². The lowest BCUT2D eigenvalue weighted by molar-refractivity contribution is -0.107. The van der Waals surface area contributed by atoms with Crippen molar-refractivity contribution in [2.75, 3.05) is 6.61 Å². The highest BCUT2D eigenvalue weighted by Crippen LogP contribution is 1.96. The van der Waals surface area contributed by atoms with Crippen LogP contribution in [0.1, 0.15) is 25.7 Å². The van der Waals surface area contributed by atoms with Crippen LogP contribution < -0.4 is 0 Å². The Kier molecular flexibility index (Phi) is 7.71. The molecule has 0 amide bonds. The summed E-state index contributed by atoms with van der Waals surface area (Å²) in [4.78, 5) is 9.80. The van der Waals surface area contributed by atoms with E-state index >= 15 is 0 Å². The minimum atomic E-state index is 0.682. The molecule has 3 heteroatoms. The van der Waals surface area contributed by atoms with E-state index in [1.807, 2.05) is 0 Å². The molecular formula is C6H11O2Si. The Hall–Kier alpha value is -0.153. The molecule has 0 aromatic rings. The van der Waals surface area contributed by atoms with Crippen LogP contribution in [0.15, 0.2) is 0 Å². The Balaban J connectivity index is 2.66. The molecule has 3 radical (unpaired) electrons. The fourth-order valence-corrected chi connectivity index (χ4v) is 0.723. The topological polar surface area (TPSA) is 26.3 Å². The van der Waals surface area contributed by atoms with E-state index in [1.165, 1.54) is 0 Å². The predicted octanol–water partition coefficient (Wildman–Crippen LogP) is 0.846. The van der Waals surface area contributed by atoms with Gasteiger partial charge in [-0.3, -0.25) is 0 Å². The second-order valence-electron chi connectivity index (χ2n) is 1.86. The first kappa shape index (κ1) is 8.85. The highest BCUT2D eigenvalue weighted by molar-refractivity contribution is 5.97. The summed E-state index contributed by atoms with van der Waals surface area (Å²) in [6.45, 7) is 0.732. The van der Waals surface area contributed by atoms with E-state index < -0.39 is 0 Å². The lowest BCUT2D eigenvalue weighted by atomic mass is 10.2. The number of hydrogen-bond donors (Lipinski definition) is 0. The summed E-state index contributed by atoms with van der Waals surface area (Å²) >= 11 is 0. The summed E-state index contributed by atoms with van der Waals surface area (Å²) in [6.07, 6.45) is 4.72. The molecule has 0 saturated heterocycles. The van der Waals surface area contributed by atoms with Crippen molar-refractivity contribution in [3.63, 3.8) is 0 Å². The van der Waals surface area contributed by atoms with Crippen LogP contribution >= 0.6 is 0 Å². The second-order valence-corrected chi connectivity index (χ2v) is 2.15. The van der Waals surface area contributed by atoms with Crippen molar-refractivity contribution in [1.29, 1.82) is 0 Å². The average molecular weight is 143 g/mol. The molecule has 2 nitrogen and oxygen atoms in total. The molecule has 0 aliphatic heterocycles. The van der Waals surface area contributed by atoms with E-state index in [0.717, 1.165) is 32.2 Å². The minimum Gasteiger partial charge on any atom is -0.419 e. The monoisotopic (exact) mass is 143 g/mol. The van der Waals surface area contributed by atoms with Crippen LogP contribution in [0.3, 0.4) is 0 Å². The summed E-state index contributed by atoms with van der Waals surface area (Å²) in [6, 6.07) is 0. The molecule has 0 aliphatic carbocycles. The van der Waals surface area contributed by atoms with Gasteiger partial charge in [-0.2, -0.15) is 0 Å². The van der Waals surface area contributed by atoms with Crippen molar-refractivity contribution < 1.29 is 9.22 Å². The first-order valence-electron chi connectivity index (χ1n) is 3.14. The summed E-state index contributed by atoms with van der Waals surface area (Å²) in [5.74, 6) is 0. The predicted molar refractivity (Wildman–Crippen MR) is 36.2 cm³/mol. The Labute approximate surface area is 59.1 Å². The third-order valence-corrected chi connectivity index (χ3v) is 1.27. The minimum absolute atomic E-state index is 0.682. The average Bonchev–Trinajstić information content (AvgIpc) is 1.89. The molecule has 9 heavy (non-hydrogen) atoms. The van der Waals surface area contributed by atoms with Gasteiger partial charge in [-0.05, 0) is 12.8 Å². The molecule has 0 rings (SSSR count). The molecule has 0 aromatic carbocycles. The highest BCUT2D eigenvalue weighted by atomic mass is 28.2. The standard InChI is InChI=1S/C6H11O2Si/c7-5-3-1-2-4-6-8-9/h5H,1-4,6H2. The quantitative estimate of drug-likeness (QED) is 0.313. The van der Waals surface area contributed by atoms with Gasteiger partial charge >= 0.3 is 0 Å². The molecular weight excluding hydrogens is 132 g/mol. The van der Waals surface area contributed by atoms with E-state index in [0.29, 0.717) is 6.42 Å². The highest BCUT2D eigenvalue weighted by Gasteiger charge is 1.86. The summed E-state index contributed by atoms with van der Waals surface area (Å²) in [5, 5.41) is 0. The fraction of sp³-hybridized carbons (Fsp3) is 0.833. The largest absolute Gasteiger partial charge is 0.419 e. The third kappa shape index (κ3) is 7.85. The first-order valence-corrected chi connectivity index (χ1v) is 3.54. The SMILES string of the molecule is O=CCCCCCO[Si]. The lowest BCUT2D eigenvalue weighted by Crippen LogP contribution is -1.89. The summed E-state index contributed by atoms with van der Waals surface area (Å²) < 4.78 is 4.64. The zero-order valence-electron chi connectivity index (χ0n) is 5.43. The first-order chi connectivity index (χ1) is 4.41. The van der Waals surface area contributed by atoms with E-state index in [4.69, 9.17) is 0 Å². The van der Waals surface area contributed by atoms with Crippen LogP contribution in [0.5, 0.6) is 0 Å². The fourth-order valence-electron chi connectivity index (χ4n) is 0.579. The van der Waals surface area contributed by atoms with E-state index in [1.54, 1.807) is 0 Å². The van der Waals surface area contributed by atoms with Gasteiger partial charge in [-0.1, -0.05) is 6.42 Å². The summed E-state index contributed by atoms with van der Waals surface area (Å²) in [5.41, 5.74) is 0. The van der Waals surface area contributed by atoms with Crippen LogP contribution in [0.2, 0.25) is 0 Å². The smallest absolute Gasteiger partial charge is 0.246 e. The van der Waals surface area contributed by atoms with Gasteiger partial charge in [0.25, 0.3) is 0 Å². The van der Waals surface area contributed by atoms with Crippen LogP contribution in [0.25, 0.3) is 0 Å². The number of unbranched alkanes of at least 4 members (excludes halogenated alkanes) is 3. The maximum Gasteiger partial charge on any atom is 0.246 e. The van der Waals surface area contributed by atoms with Crippen LogP contribution in [-0.2, 0) is 9.22 Å². The number of hydrogen-bond acceptors (Lipinski definition) is 2. The van der Waals surface area contributed by atoms with Gasteiger partial charge in [-0.25, -0.2) is 0 Å². The van der Waals surface area contributed by atoms with E-state index in [2.05, 4.69) is 14.9 Å². The van der Waals surface area contributed by atoms with Gasteiger partial charge in [0, 0.05) is 13.0 Å². The molecule has 0 spiro atoms. The van der Waals surface area contributed by atoms with Gasteiger partial charge < -0.3 is 9.22 Å². The number of rotatable bonds is 6. The van der Waals surface area contributed by atoms with Gasteiger partial charge in [0.1, 0.15) is 6.29 Å². The second kappa shape index (κ2) is 7.85. The maximum absolute atomic E-state index is 9.80. The molecule has 0 N–H and O–H groups in total. The van der Waals surface area contributed by atoms with Gasteiger partial charge in [-0.15, -0.1) is 0 Å². The number of carbonyl (C=O) groups is 1. The van der Waals surface area contributed by atoms with Crippen molar-refractivity contribution in [1.82, 2.24) is 0 Å². The van der Waals surface area contributed by atoms with Crippen LogP contribution in [0.4, 0.5) is 0 Å². The van der Waals surface area contributed by atoms with Crippen molar-refractivity contribution in [2.24, 2.45) is 0 Å². The Morgan fingerprint density at radius 1 is 1.33 bits per heavy atom. The Morgan fingerprint density at radius 2 is 2.11 bits per heavy atom. The molecule has 0 unspecified atom stereocenters. The molecule has 0 bridgehead atoms. The molecule has 0 saturated carbocycles. The van der Waals surface area contributed by atoms with E-state index in [9.17, 15) is 4.79 Å². The summed E-state index contributed by atoms with van der Waals surface area (Å²) in [7, 11) is 2.89. The molecule has 0 aromatic heterocycles. The molecule has 0 fully saturated rings. The van der Waals surface area contributed by atoms with Gasteiger partial charge in [0.15, 0.2) is 0 Å². The zero-order chi connectivity index (χ0) is 6.95. The maximum atomic E-state index is 9.80. The van der Waals surface area contributed by atoms with Crippen LogP contribution in [0, 0.1) is 0 Å². The van der Waals surface area contributed by atoms with Crippen LogP contribution in [-0.4, -0.2) is 23.4 Å². The van der Waals surface area contributed by atoms with E-state index in [-0.39, 0.29) is 0 Å². The molecule has 51 valence electrons. The van der Waals surface area contributed by atoms with Crippen molar-refractivity contribution >= 4 is 16.8 Å². The van der Waals surface area contributed by atoms with Crippen molar-refractivity contribution in [3.8, 4) is 0 Å². The van der Waals surface area contributed by atoms with Gasteiger partial charge in [0.2, 0.25) is 10.5 Å². The van der Waals surface area contributed by atoms with Crippen molar-refractivity contribution in [2.45, 2.75) is 25.7 Å². The van der Waals surface area contributed by atoms with Crippen molar-refractivity contribution in [3.05, 3.63) is 0 Å². The third-order valence-electron chi connectivity index (χ3n) is 1.07. The molecule has 0 heterocycles. The zero-order valence-corrected chi connectivity index (χ0v) is 6.43. The normalized spacial score (nSPS) is 9.44. The molecule has 0 atom stereocenters. The number of carbonyl (C=O) groups excluding carboxylic acids is 1. The lowest BCUT2D eigenvalue weighted by Gasteiger charge is -1.94.